The van der Waals surface area contributed by atoms with Crippen molar-refractivity contribution in [1.82, 2.24) is 9.97 Å². The summed E-state index contributed by atoms with van der Waals surface area (Å²) in [5.74, 6) is 1.77. The highest BCUT2D eigenvalue weighted by Gasteiger charge is 2.17. The molecule has 1 aliphatic heterocycles. The van der Waals surface area contributed by atoms with Crippen LogP contribution in [0.2, 0.25) is 0 Å². The lowest BCUT2D eigenvalue weighted by Gasteiger charge is -2.28. The van der Waals surface area contributed by atoms with Crippen molar-refractivity contribution >= 4 is 33.3 Å². The minimum Gasteiger partial charge on any atom is -0.355 e. The number of nitrogens with two attached hydrogens (primary N) is 1. The minimum absolute atomic E-state index is 0.587. The molecule has 1 fully saturated rings. The van der Waals surface area contributed by atoms with E-state index in [9.17, 15) is 0 Å². The monoisotopic (exact) mass is 277 g/mol. The molecule has 3 rings (SSSR count). The van der Waals surface area contributed by atoms with Crippen molar-refractivity contribution in [1.29, 1.82) is 0 Å². The van der Waals surface area contributed by atoms with Gasteiger partial charge in [0.05, 0.1) is 10.2 Å². The number of rotatable bonds is 4. The van der Waals surface area contributed by atoms with Gasteiger partial charge >= 0.3 is 0 Å². The van der Waals surface area contributed by atoms with Gasteiger partial charge in [0.1, 0.15) is 0 Å². The van der Waals surface area contributed by atoms with Crippen LogP contribution in [0, 0.1) is 0 Å². The number of anilines is 2. The zero-order valence-electron chi connectivity index (χ0n) is 10.9. The van der Waals surface area contributed by atoms with Gasteiger partial charge in [0, 0.05) is 26.2 Å². The molecular formula is C13H19N5S. The molecule has 0 spiro atoms. The summed E-state index contributed by atoms with van der Waals surface area (Å²) in [6, 6.07) is 2.06. The maximum absolute atomic E-state index is 5.52. The summed E-state index contributed by atoms with van der Waals surface area (Å²) in [5.41, 5.74) is 6.55. The lowest BCUT2D eigenvalue weighted by Crippen LogP contribution is -2.30. The molecular weight excluding hydrogens is 258 g/mol. The van der Waals surface area contributed by atoms with Crippen LogP contribution in [0.5, 0.6) is 0 Å². The topological polar surface area (TPSA) is 67.1 Å². The first kappa shape index (κ1) is 12.6. The first-order valence-electron chi connectivity index (χ1n) is 6.82. The SMILES string of the molecule is NCCNc1nc(N2CCCCC2)c2sccc2n1. The molecule has 102 valence electrons. The number of hydrogen-bond donors (Lipinski definition) is 2. The lowest BCUT2D eigenvalue weighted by atomic mass is 10.1. The molecule has 6 heteroatoms. The Balaban J connectivity index is 1.97. The van der Waals surface area contributed by atoms with E-state index in [-0.39, 0.29) is 0 Å². The Kier molecular flexibility index (Phi) is 3.79. The molecule has 3 heterocycles. The summed E-state index contributed by atoms with van der Waals surface area (Å²) < 4.78 is 1.19. The van der Waals surface area contributed by atoms with Crippen LogP contribution in [-0.2, 0) is 0 Å². The van der Waals surface area contributed by atoms with E-state index in [0.717, 1.165) is 24.4 Å². The summed E-state index contributed by atoms with van der Waals surface area (Å²) >= 11 is 1.72. The van der Waals surface area contributed by atoms with Crippen molar-refractivity contribution < 1.29 is 0 Å². The largest absolute Gasteiger partial charge is 0.355 e. The van der Waals surface area contributed by atoms with Crippen molar-refractivity contribution in [3.8, 4) is 0 Å². The van der Waals surface area contributed by atoms with Gasteiger partial charge < -0.3 is 16.0 Å². The van der Waals surface area contributed by atoms with Gasteiger partial charge in [0.15, 0.2) is 5.82 Å². The van der Waals surface area contributed by atoms with E-state index in [4.69, 9.17) is 10.7 Å². The average molecular weight is 277 g/mol. The molecule has 2 aromatic heterocycles. The molecule has 1 saturated heterocycles. The molecule has 0 atom stereocenters. The van der Waals surface area contributed by atoms with E-state index in [1.807, 2.05) is 0 Å². The van der Waals surface area contributed by atoms with Gasteiger partial charge in [-0.15, -0.1) is 11.3 Å². The summed E-state index contributed by atoms with van der Waals surface area (Å²) in [6.45, 7) is 3.49. The summed E-state index contributed by atoms with van der Waals surface area (Å²) in [5, 5.41) is 5.27. The third-order valence-electron chi connectivity index (χ3n) is 3.37. The number of nitrogens with one attached hydrogen (secondary N) is 1. The smallest absolute Gasteiger partial charge is 0.225 e. The zero-order chi connectivity index (χ0) is 13.1. The van der Waals surface area contributed by atoms with Crippen LogP contribution in [0.4, 0.5) is 11.8 Å². The van der Waals surface area contributed by atoms with Gasteiger partial charge in [0.25, 0.3) is 0 Å². The molecule has 0 saturated carbocycles. The van der Waals surface area contributed by atoms with Crippen molar-refractivity contribution in [3.63, 3.8) is 0 Å². The van der Waals surface area contributed by atoms with Crippen LogP contribution < -0.4 is 16.0 Å². The Morgan fingerprint density at radius 1 is 1.26 bits per heavy atom. The Bertz CT molecular complexity index is 547. The highest BCUT2D eigenvalue weighted by Crippen LogP contribution is 2.31. The normalized spacial score (nSPS) is 15.9. The molecule has 0 bridgehead atoms. The van der Waals surface area contributed by atoms with E-state index in [1.165, 1.54) is 24.0 Å². The molecule has 2 aromatic rings. The van der Waals surface area contributed by atoms with Gasteiger partial charge in [-0.2, -0.15) is 4.98 Å². The highest BCUT2D eigenvalue weighted by atomic mass is 32.1. The van der Waals surface area contributed by atoms with Crippen LogP contribution in [-0.4, -0.2) is 36.1 Å². The maximum Gasteiger partial charge on any atom is 0.225 e. The van der Waals surface area contributed by atoms with Gasteiger partial charge in [0.2, 0.25) is 5.95 Å². The van der Waals surface area contributed by atoms with Crippen LogP contribution in [0.15, 0.2) is 11.4 Å². The van der Waals surface area contributed by atoms with Crippen molar-refractivity contribution in [2.75, 3.05) is 36.4 Å². The Morgan fingerprint density at radius 3 is 2.89 bits per heavy atom. The Morgan fingerprint density at radius 2 is 2.11 bits per heavy atom. The maximum atomic E-state index is 5.52. The van der Waals surface area contributed by atoms with Crippen molar-refractivity contribution in [2.45, 2.75) is 19.3 Å². The Hall–Kier alpha value is -1.40. The second kappa shape index (κ2) is 5.71. The van der Waals surface area contributed by atoms with Crippen molar-refractivity contribution in [3.05, 3.63) is 11.4 Å². The molecule has 3 N–H and O–H groups in total. The fourth-order valence-corrected chi connectivity index (χ4v) is 3.28. The number of piperidine rings is 1. The minimum atomic E-state index is 0.587. The van der Waals surface area contributed by atoms with Gasteiger partial charge in [-0.25, -0.2) is 4.98 Å². The third kappa shape index (κ3) is 2.64. The number of fused-ring (bicyclic) bond motifs is 1. The van der Waals surface area contributed by atoms with Crippen LogP contribution >= 0.6 is 11.3 Å². The molecule has 0 unspecified atom stereocenters. The van der Waals surface area contributed by atoms with E-state index in [0.29, 0.717) is 19.0 Å². The van der Waals surface area contributed by atoms with Crippen molar-refractivity contribution in [2.24, 2.45) is 5.73 Å². The number of thiophene rings is 1. The fraction of sp³-hybridized carbons (Fsp3) is 0.538. The predicted molar refractivity (Wildman–Crippen MR) is 81.0 cm³/mol. The van der Waals surface area contributed by atoms with Gasteiger partial charge in [-0.1, -0.05) is 0 Å². The van der Waals surface area contributed by atoms with Crippen LogP contribution in [0.3, 0.4) is 0 Å². The molecule has 0 aliphatic carbocycles. The first-order valence-corrected chi connectivity index (χ1v) is 7.70. The molecule has 0 aromatic carbocycles. The lowest BCUT2D eigenvalue weighted by molar-refractivity contribution is 0.575. The quantitative estimate of drug-likeness (QED) is 0.895. The van der Waals surface area contributed by atoms with Crippen LogP contribution in [0.25, 0.3) is 10.2 Å². The summed E-state index contributed by atoms with van der Waals surface area (Å²) in [4.78, 5) is 11.6. The second-order valence-electron chi connectivity index (χ2n) is 4.77. The van der Waals surface area contributed by atoms with Crippen LogP contribution in [0.1, 0.15) is 19.3 Å². The standard InChI is InChI=1S/C13H19N5S/c14-5-6-15-13-16-10-4-9-19-11(10)12(17-13)18-7-2-1-3-8-18/h4,9H,1-3,5-8,14H2,(H,15,16,17). The molecule has 1 aliphatic rings. The molecule has 5 nitrogen and oxygen atoms in total. The summed E-state index contributed by atoms with van der Waals surface area (Å²) in [6.07, 6.45) is 3.83. The van der Waals surface area contributed by atoms with E-state index in [2.05, 4.69) is 26.6 Å². The number of nitrogens with zero attached hydrogens (tertiary/aromatic N) is 3. The van der Waals surface area contributed by atoms with Gasteiger partial charge in [-0.3, -0.25) is 0 Å². The molecule has 0 amide bonds. The average Bonchev–Trinajstić information content (AvgIpc) is 2.93. The highest BCUT2D eigenvalue weighted by molar-refractivity contribution is 7.17. The Labute approximate surface area is 116 Å². The molecule has 0 radical (unpaired) electrons. The van der Waals surface area contributed by atoms with Gasteiger partial charge in [-0.05, 0) is 30.7 Å². The second-order valence-corrected chi connectivity index (χ2v) is 5.69. The van der Waals surface area contributed by atoms with E-state index < -0.39 is 0 Å². The zero-order valence-corrected chi connectivity index (χ0v) is 11.7. The van der Waals surface area contributed by atoms with E-state index in [1.54, 1.807) is 11.3 Å². The summed E-state index contributed by atoms with van der Waals surface area (Å²) in [7, 11) is 0. The fourth-order valence-electron chi connectivity index (χ4n) is 2.43. The van der Waals surface area contributed by atoms with E-state index >= 15 is 0 Å². The number of hydrogen-bond acceptors (Lipinski definition) is 6. The first-order chi connectivity index (χ1) is 9.38. The third-order valence-corrected chi connectivity index (χ3v) is 4.27. The number of aromatic nitrogens is 2. The predicted octanol–water partition coefficient (Wildman–Crippen LogP) is 2.05. The molecule has 19 heavy (non-hydrogen) atoms.